The van der Waals surface area contributed by atoms with Gasteiger partial charge in [-0.2, -0.15) is 5.10 Å². The maximum absolute atomic E-state index is 11.7. The topological polar surface area (TPSA) is 69.8 Å². The van der Waals surface area contributed by atoms with Crippen molar-refractivity contribution < 1.29 is 4.79 Å². The maximum Gasteiger partial charge on any atom is 0.319 e. The van der Waals surface area contributed by atoms with Crippen molar-refractivity contribution in [1.82, 2.24) is 15.5 Å². The Hall–Kier alpha value is -2.01. The summed E-state index contributed by atoms with van der Waals surface area (Å²) in [5, 5.41) is 13.0. The number of aryl methyl sites for hydroxylation is 2. The first-order valence-electron chi connectivity index (χ1n) is 6.44. The van der Waals surface area contributed by atoms with Crippen LogP contribution in [0.4, 0.5) is 10.5 Å². The molecule has 3 N–H and O–H groups in total. The van der Waals surface area contributed by atoms with Crippen LogP contribution in [-0.4, -0.2) is 22.8 Å². The van der Waals surface area contributed by atoms with E-state index < -0.39 is 0 Å². The average molecular weight is 293 g/mol. The third kappa shape index (κ3) is 4.28. The fourth-order valence-electron chi connectivity index (χ4n) is 1.85. The number of aromatic nitrogens is 2. The minimum absolute atomic E-state index is 0.226. The van der Waals surface area contributed by atoms with Crippen LogP contribution in [0.2, 0.25) is 5.02 Å². The lowest BCUT2D eigenvalue weighted by Gasteiger charge is -2.07. The van der Waals surface area contributed by atoms with Crippen molar-refractivity contribution in [2.75, 3.05) is 11.9 Å². The lowest BCUT2D eigenvalue weighted by atomic mass is 10.1. The van der Waals surface area contributed by atoms with Crippen LogP contribution in [0.3, 0.4) is 0 Å². The van der Waals surface area contributed by atoms with E-state index in [1.165, 1.54) is 5.56 Å². The van der Waals surface area contributed by atoms with Crippen molar-refractivity contribution in [3.63, 3.8) is 0 Å². The fraction of sp³-hybridized carbons (Fsp3) is 0.286. The highest BCUT2D eigenvalue weighted by Gasteiger charge is 2.03. The zero-order valence-corrected chi connectivity index (χ0v) is 12.0. The van der Waals surface area contributed by atoms with E-state index >= 15 is 0 Å². The van der Waals surface area contributed by atoms with Gasteiger partial charge >= 0.3 is 6.03 Å². The van der Waals surface area contributed by atoms with Crippen LogP contribution in [0.1, 0.15) is 17.7 Å². The Morgan fingerprint density at radius 2 is 2.30 bits per heavy atom. The first kappa shape index (κ1) is 14.4. The summed E-state index contributed by atoms with van der Waals surface area (Å²) in [6, 6.07) is 6.82. The third-order valence-electron chi connectivity index (χ3n) is 2.93. The minimum Gasteiger partial charge on any atom is -0.338 e. The molecule has 20 heavy (non-hydrogen) atoms. The van der Waals surface area contributed by atoms with Crippen molar-refractivity contribution in [2.24, 2.45) is 0 Å². The number of carbonyl (C=O) groups excluding carboxylic acids is 1. The SMILES string of the molecule is Cc1[nH]ncc1CCCNC(=O)Nc1cccc(Cl)c1. The van der Waals surface area contributed by atoms with Gasteiger partial charge in [0.25, 0.3) is 0 Å². The second-order valence-corrected chi connectivity index (χ2v) is 4.95. The number of aromatic amines is 1. The molecule has 0 aliphatic heterocycles. The molecule has 106 valence electrons. The Morgan fingerprint density at radius 3 is 3.00 bits per heavy atom. The summed E-state index contributed by atoms with van der Waals surface area (Å²) < 4.78 is 0. The highest BCUT2D eigenvalue weighted by Crippen LogP contribution is 2.14. The number of rotatable bonds is 5. The van der Waals surface area contributed by atoms with Gasteiger partial charge in [0, 0.05) is 22.9 Å². The minimum atomic E-state index is -0.226. The average Bonchev–Trinajstić information content (AvgIpc) is 2.80. The van der Waals surface area contributed by atoms with Gasteiger partial charge in [-0.05, 0) is 43.5 Å². The van der Waals surface area contributed by atoms with Crippen molar-refractivity contribution in [3.8, 4) is 0 Å². The summed E-state index contributed by atoms with van der Waals surface area (Å²) in [7, 11) is 0. The molecule has 0 fully saturated rings. The molecule has 0 atom stereocenters. The van der Waals surface area contributed by atoms with Crippen LogP contribution in [0.25, 0.3) is 0 Å². The summed E-state index contributed by atoms with van der Waals surface area (Å²) in [5.41, 5.74) is 2.94. The van der Waals surface area contributed by atoms with Crippen LogP contribution in [0.15, 0.2) is 30.5 Å². The largest absolute Gasteiger partial charge is 0.338 e. The van der Waals surface area contributed by atoms with Gasteiger partial charge in [-0.1, -0.05) is 17.7 Å². The Balaban J connectivity index is 1.69. The number of urea groups is 1. The van der Waals surface area contributed by atoms with Gasteiger partial charge < -0.3 is 10.6 Å². The number of carbonyl (C=O) groups is 1. The number of halogens is 1. The molecule has 1 heterocycles. The lowest BCUT2D eigenvalue weighted by Crippen LogP contribution is -2.29. The molecule has 0 unspecified atom stereocenters. The zero-order valence-electron chi connectivity index (χ0n) is 11.2. The molecule has 1 aromatic heterocycles. The first-order chi connectivity index (χ1) is 9.65. The molecule has 1 aromatic carbocycles. The number of hydrogen-bond donors (Lipinski definition) is 3. The summed E-state index contributed by atoms with van der Waals surface area (Å²) in [4.78, 5) is 11.7. The predicted molar refractivity (Wildman–Crippen MR) is 80.1 cm³/mol. The molecule has 0 aliphatic carbocycles. The van der Waals surface area contributed by atoms with E-state index in [-0.39, 0.29) is 6.03 Å². The molecular weight excluding hydrogens is 276 g/mol. The standard InChI is InChI=1S/C14H17ClN4O/c1-10-11(9-17-19-10)4-3-7-16-14(20)18-13-6-2-5-12(15)8-13/h2,5-6,8-9H,3-4,7H2,1H3,(H,17,19)(H2,16,18,20). The summed E-state index contributed by atoms with van der Waals surface area (Å²) in [5.74, 6) is 0. The second kappa shape index (κ2) is 6.96. The number of benzene rings is 1. The van der Waals surface area contributed by atoms with E-state index in [4.69, 9.17) is 11.6 Å². The van der Waals surface area contributed by atoms with E-state index in [0.717, 1.165) is 18.5 Å². The quantitative estimate of drug-likeness (QED) is 0.741. The van der Waals surface area contributed by atoms with Gasteiger partial charge in [-0.25, -0.2) is 4.79 Å². The van der Waals surface area contributed by atoms with Gasteiger partial charge in [0.05, 0.1) is 6.20 Å². The van der Waals surface area contributed by atoms with Gasteiger partial charge in [0.1, 0.15) is 0 Å². The van der Waals surface area contributed by atoms with E-state index in [0.29, 0.717) is 17.3 Å². The molecule has 0 saturated carbocycles. The van der Waals surface area contributed by atoms with Crippen LogP contribution < -0.4 is 10.6 Å². The highest BCUT2D eigenvalue weighted by atomic mass is 35.5. The van der Waals surface area contributed by atoms with Crippen molar-refractivity contribution in [1.29, 1.82) is 0 Å². The van der Waals surface area contributed by atoms with Gasteiger partial charge in [-0.3, -0.25) is 5.10 Å². The zero-order chi connectivity index (χ0) is 14.4. The molecule has 0 spiro atoms. The van der Waals surface area contributed by atoms with Crippen molar-refractivity contribution in [3.05, 3.63) is 46.7 Å². The van der Waals surface area contributed by atoms with Crippen LogP contribution in [-0.2, 0) is 6.42 Å². The third-order valence-corrected chi connectivity index (χ3v) is 3.16. The monoisotopic (exact) mass is 292 g/mol. The second-order valence-electron chi connectivity index (χ2n) is 4.52. The molecule has 0 aliphatic rings. The summed E-state index contributed by atoms with van der Waals surface area (Å²) >= 11 is 5.85. The van der Waals surface area contributed by atoms with Crippen LogP contribution in [0, 0.1) is 6.92 Å². The Labute approximate surface area is 122 Å². The normalized spacial score (nSPS) is 10.3. The molecule has 0 saturated heterocycles. The lowest BCUT2D eigenvalue weighted by molar-refractivity contribution is 0.252. The molecule has 2 rings (SSSR count). The predicted octanol–water partition coefficient (Wildman–Crippen LogP) is 3.13. The molecule has 2 amide bonds. The first-order valence-corrected chi connectivity index (χ1v) is 6.82. The molecule has 0 bridgehead atoms. The molecular formula is C14H17ClN4O. The molecule has 6 heteroatoms. The molecule has 5 nitrogen and oxygen atoms in total. The number of nitrogens with one attached hydrogen (secondary N) is 3. The summed E-state index contributed by atoms with van der Waals surface area (Å²) in [6.45, 7) is 2.60. The number of H-pyrrole nitrogens is 1. The van der Waals surface area contributed by atoms with Gasteiger partial charge in [0.2, 0.25) is 0 Å². The van der Waals surface area contributed by atoms with Gasteiger partial charge in [0.15, 0.2) is 0 Å². The van der Waals surface area contributed by atoms with Gasteiger partial charge in [-0.15, -0.1) is 0 Å². The number of nitrogens with zero attached hydrogens (tertiary/aromatic N) is 1. The van der Waals surface area contributed by atoms with Crippen molar-refractivity contribution in [2.45, 2.75) is 19.8 Å². The van der Waals surface area contributed by atoms with E-state index in [1.807, 2.05) is 13.1 Å². The highest BCUT2D eigenvalue weighted by molar-refractivity contribution is 6.30. The van der Waals surface area contributed by atoms with Crippen molar-refractivity contribution >= 4 is 23.3 Å². The number of hydrogen-bond acceptors (Lipinski definition) is 2. The number of amides is 2. The van der Waals surface area contributed by atoms with Crippen LogP contribution >= 0.6 is 11.6 Å². The molecule has 0 radical (unpaired) electrons. The number of anilines is 1. The Bertz CT molecular complexity index is 582. The Kier molecular flexibility index (Phi) is 5.01. The van der Waals surface area contributed by atoms with E-state index in [9.17, 15) is 4.79 Å². The van der Waals surface area contributed by atoms with E-state index in [1.54, 1.807) is 24.3 Å². The smallest absolute Gasteiger partial charge is 0.319 e. The van der Waals surface area contributed by atoms with E-state index in [2.05, 4.69) is 20.8 Å². The fourth-order valence-corrected chi connectivity index (χ4v) is 2.04. The Morgan fingerprint density at radius 1 is 1.45 bits per heavy atom. The maximum atomic E-state index is 11.7. The summed E-state index contributed by atoms with van der Waals surface area (Å²) in [6.07, 6.45) is 3.57. The molecule has 2 aromatic rings. The van der Waals surface area contributed by atoms with Crippen LogP contribution in [0.5, 0.6) is 0 Å².